The van der Waals surface area contributed by atoms with E-state index in [1.807, 2.05) is 49.4 Å². The highest BCUT2D eigenvalue weighted by atomic mass is 35.5. The molecular formula is C19H23ClN2O3S. The summed E-state index contributed by atoms with van der Waals surface area (Å²) in [5.41, 5.74) is 6.63. The summed E-state index contributed by atoms with van der Waals surface area (Å²) in [6, 6.07) is 13.2. The molecule has 1 heterocycles. The number of anilines is 1. The lowest BCUT2D eigenvalue weighted by Crippen LogP contribution is -2.35. The van der Waals surface area contributed by atoms with Crippen molar-refractivity contribution < 1.29 is 14.3 Å². The van der Waals surface area contributed by atoms with E-state index in [9.17, 15) is 4.79 Å². The number of ether oxygens (including phenoxy) is 2. The van der Waals surface area contributed by atoms with Crippen LogP contribution in [-0.2, 0) is 4.79 Å². The summed E-state index contributed by atoms with van der Waals surface area (Å²) in [5.74, 6) is 1.15. The fourth-order valence-corrected chi connectivity index (χ4v) is 3.47. The quantitative estimate of drug-likeness (QED) is 0.771. The highest BCUT2D eigenvalue weighted by Crippen LogP contribution is 2.42. The smallest absolute Gasteiger partial charge is 0.241 e. The lowest BCUT2D eigenvalue weighted by Gasteiger charge is -2.22. The largest absolute Gasteiger partial charge is 0.486 e. The van der Waals surface area contributed by atoms with E-state index in [0.717, 1.165) is 16.2 Å². The first-order valence-electron chi connectivity index (χ1n) is 8.40. The van der Waals surface area contributed by atoms with Crippen molar-refractivity contribution in [2.24, 2.45) is 5.73 Å². The summed E-state index contributed by atoms with van der Waals surface area (Å²) in [4.78, 5) is 14.3. The van der Waals surface area contributed by atoms with Gasteiger partial charge in [0.15, 0.2) is 11.5 Å². The average molecular weight is 395 g/mol. The maximum atomic E-state index is 12.4. The molecule has 26 heavy (non-hydrogen) atoms. The Morgan fingerprint density at radius 2 is 1.85 bits per heavy atom. The molecule has 1 aliphatic rings. The molecule has 0 aliphatic carbocycles. The third kappa shape index (κ3) is 5.06. The van der Waals surface area contributed by atoms with E-state index >= 15 is 0 Å². The number of nitrogens with two attached hydrogens (primary N) is 1. The van der Waals surface area contributed by atoms with Gasteiger partial charge in [-0.2, -0.15) is 0 Å². The summed E-state index contributed by atoms with van der Waals surface area (Å²) < 4.78 is 11.3. The summed E-state index contributed by atoms with van der Waals surface area (Å²) in [6.45, 7) is 3.03. The van der Waals surface area contributed by atoms with Crippen LogP contribution in [0, 0.1) is 0 Å². The highest BCUT2D eigenvalue weighted by molar-refractivity contribution is 7.99. The molecule has 0 saturated heterocycles. The molecule has 2 aromatic carbocycles. The first-order chi connectivity index (χ1) is 12.2. The van der Waals surface area contributed by atoms with Gasteiger partial charge in [0.05, 0.1) is 11.7 Å². The molecule has 140 valence electrons. The van der Waals surface area contributed by atoms with Crippen molar-refractivity contribution in [1.82, 2.24) is 0 Å². The Kier molecular flexibility index (Phi) is 7.63. The average Bonchev–Trinajstić information content (AvgIpc) is 2.63. The summed E-state index contributed by atoms with van der Waals surface area (Å²) in [6.07, 6.45) is 1.51. The minimum atomic E-state index is -0.521. The predicted molar refractivity (Wildman–Crippen MR) is 107 cm³/mol. The monoisotopic (exact) mass is 394 g/mol. The molecule has 1 amide bonds. The molecule has 1 aliphatic heterocycles. The molecular weight excluding hydrogens is 372 g/mol. The zero-order valence-electron chi connectivity index (χ0n) is 14.6. The van der Waals surface area contributed by atoms with E-state index in [4.69, 9.17) is 15.2 Å². The second kappa shape index (κ2) is 9.71. The first-order valence-corrected chi connectivity index (χ1v) is 9.22. The van der Waals surface area contributed by atoms with Gasteiger partial charge in [-0.3, -0.25) is 4.79 Å². The predicted octanol–water partition coefficient (Wildman–Crippen LogP) is 4.10. The summed E-state index contributed by atoms with van der Waals surface area (Å²) >= 11 is 1.56. The van der Waals surface area contributed by atoms with Crippen LogP contribution in [0.15, 0.2) is 52.3 Å². The van der Waals surface area contributed by atoms with Crippen LogP contribution in [0.1, 0.15) is 19.8 Å². The van der Waals surface area contributed by atoms with Gasteiger partial charge in [0.2, 0.25) is 5.91 Å². The molecule has 2 aromatic rings. The van der Waals surface area contributed by atoms with Crippen molar-refractivity contribution in [3.05, 3.63) is 42.5 Å². The van der Waals surface area contributed by atoms with Gasteiger partial charge in [0.25, 0.3) is 0 Å². The van der Waals surface area contributed by atoms with Crippen molar-refractivity contribution in [1.29, 1.82) is 0 Å². The minimum Gasteiger partial charge on any atom is -0.486 e. The number of carbonyl (C=O) groups excluding carboxylic acids is 1. The minimum absolute atomic E-state index is 0. The third-order valence-corrected chi connectivity index (χ3v) is 4.88. The summed E-state index contributed by atoms with van der Waals surface area (Å²) in [5, 5.41) is 2.95. The molecule has 0 aromatic heterocycles. The SMILES string of the molecule is CCCC(N)C(=O)Nc1cc2c(cc1Sc1ccccc1)OCCO2.Cl. The topological polar surface area (TPSA) is 73.6 Å². The molecule has 3 N–H and O–H groups in total. The van der Waals surface area contributed by atoms with E-state index < -0.39 is 6.04 Å². The molecule has 5 nitrogen and oxygen atoms in total. The number of rotatable bonds is 6. The number of amides is 1. The van der Waals surface area contributed by atoms with E-state index in [1.54, 1.807) is 11.8 Å². The van der Waals surface area contributed by atoms with Crippen LogP contribution in [0.25, 0.3) is 0 Å². The Morgan fingerprint density at radius 1 is 1.19 bits per heavy atom. The Bertz CT molecular complexity index is 743. The van der Waals surface area contributed by atoms with Gasteiger partial charge in [-0.1, -0.05) is 43.3 Å². The van der Waals surface area contributed by atoms with E-state index in [-0.39, 0.29) is 18.3 Å². The molecule has 0 spiro atoms. The second-order valence-electron chi connectivity index (χ2n) is 5.79. The molecule has 0 saturated carbocycles. The summed E-state index contributed by atoms with van der Waals surface area (Å²) in [7, 11) is 0. The van der Waals surface area contributed by atoms with Gasteiger partial charge in [-0.05, 0) is 18.6 Å². The standard InChI is InChI=1S/C19H22N2O3S.ClH/c1-2-6-14(20)19(22)21-15-11-16-17(24-10-9-23-16)12-18(15)25-13-7-4-3-5-8-13;/h3-5,7-8,11-12,14H,2,6,9-10,20H2,1H3,(H,21,22);1H. The van der Waals surface area contributed by atoms with E-state index in [2.05, 4.69) is 5.32 Å². The van der Waals surface area contributed by atoms with Gasteiger partial charge in [0.1, 0.15) is 13.2 Å². The van der Waals surface area contributed by atoms with Crippen molar-refractivity contribution >= 4 is 35.8 Å². The molecule has 0 fully saturated rings. The van der Waals surface area contributed by atoms with Crippen LogP contribution in [0.4, 0.5) is 5.69 Å². The van der Waals surface area contributed by atoms with Gasteiger partial charge in [0, 0.05) is 21.9 Å². The number of hydrogen-bond donors (Lipinski definition) is 2. The molecule has 7 heteroatoms. The molecule has 0 bridgehead atoms. The zero-order valence-corrected chi connectivity index (χ0v) is 16.2. The fourth-order valence-electron chi connectivity index (χ4n) is 2.54. The third-order valence-electron chi connectivity index (χ3n) is 3.81. The molecule has 1 atom stereocenters. The Labute approximate surface area is 164 Å². The maximum Gasteiger partial charge on any atom is 0.241 e. The van der Waals surface area contributed by atoms with Crippen molar-refractivity contribution in [3.63, 3.8) is 0 Å². The van der Waals surface area contributed by atoms with Crippen LogP contribution < -0.4 is 20.5 Å². The van der Waals surface area contributed by atoms with Gasteiger partial charge >= 0.3 is 0 Å². The van der Waals surface area contributed by atoms with Crippen LogP contribution in [0.3, 0.4) is 0 Å². The van der Waals surface area contributed by atoms with Crippen LogP contribution in [0.5, 0.6) is 11.5 Å². The number of nitrogens with one attached hydrogen (secondary N) is 1. The lowest BCUT2D eigenvalue weighted by atomic mass is 10.1. The number of benzene rings is 2. The zero-order chi connectivity index (χ0) is 17.6. The van der Waals surface area contributed by atoms with Gasteiger partial charge in [-0.15, -0.1) is 12.4 Å². The number of fused-ring (bicyclic) bond motifs is 1. The van der Waals surface area contributed by atoms with Crippen LogP contribution >= 0.6 is 24.2 Å². The molecule has 1 unspecified atom stereocenters. The Hall–Kier alpha value is -1.89. The fraction of sp³-hybridized carbons (Fsp3) is 0.316. The van der Waals surface area contributed by atoms with Crippen LogP contribution in [-0.4, -0.2) is 25.2 Å². The Morgan fingerprint density at radius 3 is 2.50 bits per heavy atom. The number of hydrogen-bond acceptors (Lipinski definition) is 5. The Balaban J connectivity index is 0.00000243. The van der Waals surface area contributed by atoms with Gasteiger partial charge in [-0.25, -0.2) is 0 Å². The molecule has 3 rings (SSSR count). The van der Waals surface area contributed by atoms with E-state index in [1.165, 1.54) is 0 Å². The van der Waals surface area contributed by atoms with Crippen molar-refractivity contribution in [2.45, 2.75) is 35.6 Å². The number of carbonyl (C=O) groups is 1. The van der Waals surface area contributed by atoms with E-state index in [0.29, 0.717) is 36.8 Å². The first kappa shape index (κ1) is 20.4. The lowest BCUT2D eigenvalue weighted by molar-refractivity contribution is -0.117. The number of halogens is 1. The van der Waals surface area contributed by atoms with Gasteiger partial charge < -0.3 is 20.5 Å². The van der Waals surface area contributed by atoms with Crippen molar-refractivity contribution in [3.8, 4) is 11.5 Å². The molecule has 0 radical (unpaired) electrons. The normalized spacial score (nSPS) is 13.5. The second-order valence-corrected chi connectivity index (χ2v) is 6.91. The van der Waals surface area contributed by atoms with Crippen molar-refractivity contribution in [2.75, 3.05) is 18.5 Å². The maximum absolute atomic E-state index is 12.4. The highest BCUT2D eigenvalue weighted by Gasteiger charge is 2.20. The van der Waals surface area contributed by atoms with Crippen LogP contribution in [0.2, 0.25) is 0 Å².